The van der Waals surface area contributed by atoms with E-state index in [0.717, 1.165) is 18.3 Å². The van der Waals surface area contributed by atoms with Crippen molar-refractivity contribution in [1.29, 1.82) is 0 Å². The molecule has 0 aliphatic heterocycles. The Labute approximate surface area is 121 Å². The number of aromatic nitrogens is 3. The topological polar surface area (TPSA) is 51.0 Å². The third-order valence-electron chi connectivity index (χ3n) is 3.06. The van der Waals surface area contributed by atoms with Crippen molar-refractivity contribution >= 4 is 5.91 Å². The van der Waals surface area contributed by atoms with Crippen LogP contribution in [0.5, 0.6) is 0 Å². The molecule has 0 saturated heterocycles. The molecular weight excluding hydrogens is 278 g/mol. The smallest absolute Gasteiger partial charge is 0.275 e. The number of aryl methyl sites for hydroxylation is 1. The monoisotopic (exact) mass is 294 g/mol. The molecule has 0 bridgehead atoms. The molecular formula is C14H16F2N4O. The summed E-state index contributed by atoms with van der Waals surface area (Å²) in [6.45, 7) is 5.15. The van der Waals surface area contributed by atoms with E-state index < -0.39 is 17.5 Å². The van der Waals surface area contributed by atoms with Crippen LogP contribution in [0, 0.1) is 11.6 Å². The van der Waals surface area contributed by atoms with Crippen LogP contribution >= 0.6 is 0 Å². The number of hydrogen-bond acceptors (Lipinski definition) is 3. The van der Waals surface area contributed by atoms with Crippen LogP contribution in [-0.4, -0.2) is 32.1 Å². The number of nitrogens with zero attached hydrogens (tertiary/aromatic N) is 4. The minimum Gasteiger partial charge on any atom is -0.333 e. The van der Waals surface area contributed by atoms with E-state index in [1.807, 2.05) is 13.1 Å². The summed E-state index contributed by atoms with van der Waals surface area (Å²) in [7, 11) is 0. The Morgan fingerprint density at radius 1 is 1.33 bits per heavy atom. The normalized spacial score (nSPS) is 10.7. The van der Waals surface area contributed by atoms with Gasteiger partial charge < -0.3 is 4.90 Å². The van der Waals surface area contributed by atoms with Crippen LogP contribution in [0.2, 0.25) is 0 Å². The molecule has 1 amide bonds. The Morgan fingerprint density at radius 3 is 2.67 bits per heavy atom. The van der Waals surface area contributed by atoms with Gasteiger partial charge in [-0.15, -0.1) is 0 Å². The number of halogens is 2. The number of carbonyl (C=O) groups is 1. The van der Waals surface area contributed by atoms with E-state index >= 15 is 0 Å². The Bertz CT molecular complexity index is 642. The first-order valence-corrected chi connectivity index (χ1v) is 6.66. The quantitative estimate of drug-likeness (QED) is 0.849. The highest BCUT2D eigenvalue weighted by Gasteiger charge is 2.20. The van der Waals surface area contributed by atoms with Crippen LogP contribution < -0.4 is 0 Å². The van der Waals surface area contributed by atoms with E-state index in [1.165, 1.54) is 4.90 Å². The van der Waals surface area contributed by atoms with Gasteiger partial charge in [-0.05, 0) is 13.8 Å². The van der Waals surface area contributed by atoms with Gasteiger partial charge in [0.1, 0.15) is 5.82 Å². The molecule has 0 radical (unpaired) electrons. The van der Waals surface area contributed by atoms with Crippen molar-refractivity contribution in [2.45, 2.75) is 26.9 Å². The summed E-state index contributed by atoms with van der Waals surface area (Å²) in [6, 6.07) is 0.656. The molecule has 0 N–H and O–H groups in total. The first kappa shape index (κ1) is 15.1. The summed E-state index contributed by atoms with van der Waals surface area (Å²) in [4.78, 5) is 17.2. The summed E-state index contributed by atoms with van der Waals surface area (Å²) in [5.74, 6) is -2.33. The number of carbonyl (C=O) groups excluding carboxylic acids is 1. The van der Waals surface area contributed by atoms with Crippen LogP contribution in [0.3, 0.4) is 0 Å². The minimum absolute atomic E-state index is 0.299. The van der Waals surface area contributed by atoms with Crippen molar-refractivity contribution in [3.8, 4) is 0 Å². The second-order valence-electron chi connectivity index (χ2n) is 4.51. The number of rotatable bonds is 5. The van der Waals surface area contributed by atoms with Gasteiger partial charge in [-0.25, -0.2) is 13.8 Å². The van der Waals surface area contributed by atoms with Crippen molar-refractivity contribution in [1.82, 2.24) is 19.7 Å². The van der Waals surface area contributed by atoms with E-state index in [-0.39, 0.29) is 5.69 Å². The van der Waals surface area contributed by atoms with Gasteiger partial charge in [0.05, 0.1) is 12.4 Å². The van der Waals surface area contributed by atoms with Gasteiger partial charge in [0.25, 0.3) is 5.91 Å². The molecule has 21 heavy (non-hydrogen) atoms. The summed E-state index contributed by atoms with van der Waals surface area (Å²) >= 11 is 0. The highest BCUT2D eigenvalue weighted by Crippen LogP contribution is 2.12. The lowest BCUT2D eigenvalue weighted by atomic mass is 10.2. The number of pyridine rings is 1. The highest BCUT2D eigenvalue weighted by molar-refractivity contribution is 5.92. The molecule has 0 spiro atoms. The van der Waals surface area contributed by atoms with Crippen LogP contribution in [0.15, 0.2) is 24.7 Å². The summed E-state index contributed by atoms with van der Waals surface area (Å²) in [6.07, 6.45) is 4.32. The third-order valence-corrected chi connectivity index (χ3v) is 3.06. The zero-order chi connectivity index (χ0) is 15.4. The molecule has 2 rings (SSSR count). The van der Waals surface area contributed by atoms with Crippen molar-refractivity contribution < 1.29 is 13.6 Å². The summed E-state index contributed by atoms with van der Waals surface area (Å²) in [5, 5.41) is 4.12. The van der Waals surface area contributed by atoms with Crippen molar-refractivity contribution in [2.24, 2.45) is 0 Å². The molecule has 112 valence electrons. The largest absolute Gasteiger partial charge is 0.333 e. The van der Waals surface area contributed by atoms with Crippen molar-refractivity contribution in [3.05, 3.63) is 47.5 Å². The molecule has 0 fully saturated rings. The zero-order valence-electron chi connectivity index (χ0n) is 11.9. The molecule has 0 aliphatic carbocycles. The fraction of sp³-hybridized carbons (Fsp3) is 0.357. The fourth-order valence-corrected chi connectivity index (χ4v) is 1.93. The first-order chi connectivity index (χ1) is 10.0. The van der Waals surface area contributed by atoms with Gasteiger partial charge in [0, 0.05) is 37.5 Å². The Hall–Kier alpha value is -2.31. The lowest BCUT2D eigenvalue weighted by Gasteiger charge is -2.19. The van der Waals surface area contributed by atoms with Crippen LogP contribution in [0.4, 0.5) is 8.78 Å². The fourth-order valence-electron chi connectivity index (χ4n) is 1.93. The molecule has 2 heterocycles. The van der Waals surface area contributed by atoms with Crippen molar-refractivity contribution in [3.63, 3.8) is 0 Å². The molecule has 0 aliphatic rings. The highest BCUT2D eigenvalue weighted by atomic mass is 19.1. The summed E-state index contributed by atoms with van der Waals surface area (Å²) < 4.78 is 28.2. The predicted octanol–water partition coefficient (Wildman–Crippen LogP) is 2.24. The Kier molecular flexibility index (Phi) is 4.62. The van der Waals surface area contributed by atoms with Crippen molar-refractivity contribution in [2.75, 3.05) is 6.54 Å². The number of hydrogen-bond donors (Lipinski definition) is 0. The maximum absolute atomic E-state index is 13.6. The maximum Gasteiger partial charge on any atom is 0.275 e. The lowest BCUT2D eigenvalue weighted by molar-refractivity contribution is 0.0741. The second-order valence-corrected chi connectivity index (χ2v) is 4.51. The SMILES string of the molecule is CCN(Cc1cnn(CC)c1)C(=O)c1ncc(F)cc1F. The van der Waals surface area contributed by atoms with Gasteiger partial charge in [0.15, 0.2) is 11.5 Å². The molecule has 5 nitrogen and oxygen atoms in total. The average molecular weight is 294 g/mol. The number of amides is 1. The van der Waals surface area contributed by atoms with E-state index in [1.54, 1.807) is 17.8 Å². The molecule has 0 unspecified atom stereocenters. The van der Waals surface area contributed by atoms with Crippen LogP contribution in [0.25, 0.3) is 0 Å². The second kappa shape index (κ2) is 6.43. The van der Waals surface area contributed by atoms with Gasteiger partial charge in [0.2, 0.25) is 0 Å². The zero-order valence-corrected chi connectivity index (χ0v) is 11.9. The molecule has 0 atom stereocenters. The van der Waals surface area contributed by atoms with Gasteiger partial charge in [-0.3, -0.25) is 9.48 Å². The molecule has 2 aromatic rings. The van der Waals surface area contributed by atoms with Gasteiger partial charge in [-0.2, -0.15) is 5.10 Å². The van der Waals surface area contributed by atoms with E-state index in [0.29, 0.717) is 19.2 Å². The van der Waals surface area contributed by atoms with E-state index in [2.05, 4.69) is 10.1 Å². The molecule has 0 aromatic carbocycles. The average Bonchev–Trinajstić information content (AvgIpc) is 2.92. The summed E-state index contributed by atoms with van der Waals surface area (Å²) in [5.41, 5.74) is 0.468. The van der Waals surface area contributed by atoms with Crippen LogP contribution in [-0.2, 0) is 13.1 Å². The maximum atomic E-state index is 13.6. The predicted molar refractivity (Wildman–Crippen MR) is 72.5 cm³/mol. The Balaban J connectivity index is 2.18. The van der Waals surface area contributed by atoms with E-state index in [4.69, 9.17) is 0 Å². The van der Waals surface area contributed by atoms with Gasteiger partial charge >= 0.3 is 0 Å². The molecule has 7 heteroatoms. The standard InChI is InChI=1S/C14H16F2N4O/c1-3-19(8-10-6-18-20(4-2)9-10)14(21)13-12(16)5-11(15)7-17-13/h5-7,9H,3-4,8H2,1-2H3. The minimum atomic E-state index is -0.956. The molecule has 0 saturated carbocycles. The molecule has 2 aromatic heterocycles. The lowest BCUT2D eigenvalue weighted by Crippen LogP contribution is -2.31. The third kappa shape index (κ3) is 3.42. The Morgan fingerprint density at radius 2 is 2.10 bits per heavy atom. The van der Waals surface area contributed by atoms with E-state index in [9.17, 15) is 13.6 Å². The first-order valence-electron chi connectivity index (χ1n) is 6.66. The van der Waals surface area contributed by atoms with Crippen LogP contribution in [0.1, 0.15) is 29.9 Å². The van der Waals surface area contributed by atoms with Gasteiger partial charge in [-0.1, -0.05) is 0 Å².